The number of para-hydroxylation sites is 1. The van der Waals surface area contributed by atoms with Crippen LogP contribution in [0.2, 0.25) is 0 Å². The molecule has 6 nitrogen and oxygen atoms in total. The summed E-state index contributed by atoms with van der Waals surface area (Å²) in [5, 5.41) is 16.7. The molecule has 0 radical (unpaired) electrons. The number of guanidine groups is 1. The van der Waals surface area contributed by atoms with E-state index in [1.54, 1.807) is 18.2 Å². The molecular formula is C23H30FN3O3. The molecule has 0 spiro atoms. The molecular weight excluding hydrogens is 385 g/mol. The van der Waals surface area contributed by atoms with Crippen LogP contribution in [0, 0.1) is 11.7 Å². The molecule has 0 aromatic heterocycles. The molecule has 1 saturated carbocycles. The molecule has 7 heteroatoms. The molecule has 3 N–H and O–H groups in total. The SMILES string of the molecule is CCNC(=NCc1cccc(OC)c1O)NC(C)c1ccc(OCC2CC2)c(F)c1. The van der Waals surface area contributed by atoms with Gasteiger partial charge in [0.2, 0.25) is 0 Å². The van der Waals surface area contributed by atoms with Gasteiger partial charge in [-0.1, -0.05) is 18.2 Å². The summed E-state index contributed by atoms with van der Waals surface area (Å²) in [5.41, 5.74) is 1.45. The van der Waals surface area contributed by atoms with Crippen LogP contribution in [0.15, 0.2) is 41.4 Å². The summed E-state index contributed by atoms with van der Waals surface area (Å²) in [5.74, 6) is 1.58. The molecule has 1 atom stereocenters. The number of phenols is 1. The molecule has 2 aromatic rings. The van der Waals surface area contributed by atoms with Crippen LogP contribution in [0.4, 0.5) is 4.39 Å². The van der Waals surface area contributed by atoms with Crippen LogP contribution >= 0.6 is 0 Å². The Kier molecular flexibility index (Phi) is 7.38. The third-order valence-corrected chi connectivity index (χ3v) is 5.03. The fourth-order valence-electron chi connectivity index (χ4n) is 3.03. The summed E-state index contributed by atoms with van der Waals surface area (Å²) in [6.45, 7) is 5.43. The Morgan fingerprint density at radius 1 is 1.27 bits per heavy atom. The number of benzene rings is 2. The van der Waals surface area contributed by atoms with E-state index in [1.165, 1.54) is 26.0 Å². The van der Waals surface area contributed by atoms with Gasteiger partial charge in [0.15, 0.2) is 29.0 Å². The Morgan fingerprint density at radius 2 is 2.07 bits per heavy atom. The van der Waals surface area contributed by atoms with Gasteiger partial charge >= 0.3 is 0 Å². The van der Waals surface area contributed by atoms with E-state index in [1.807, 2.05) is 26.0 Å². The van der Waals surface area contributed by atoms with Crippen LogP contribution in [-0.2, 0) is 6.54 Å². The molecule has 3 rings (SSSR count). The lowest BCUT2D eigenvalue weighted by Gasteiger charge is -2.19. The second kappa shape index (κ2) is 10.2. The second-order valence-electron chi connectivity index (χ2n) is 7.47. The van der Waals surface area contributed by atoms with Gasteiger partial charge in [0.1, 0.15) is 0 Å². The highest BCUT2D eigenvalue weighted by molar-refractivity contribution is 5.80. The van der Waals surface area contributed by atoms with Crippen molar-refractivity contribution < 1.29 is 19.0 Å². The summed E-state index contributed by atoms with van der Waals surface area (Å²) in [6, 6.07) is 10.2. The van der Waals surface area contributed by atoms with Crippen LogP contribution in [-0.4, -0.2) is 31.3 Å². The van der Waals surface area contributed by atoms with Crippen molar-refractivity contribution in [2.24, 2.45) is 10.9 Å². The van der Waals surface area contributed by atoms with Gasteiger partial charge < -0.3 is 25.2 Å². The molecule has 162 valence electrons. The van der Waals surface area contributed by atoms with E-state index >= 15 is 0 Å². The molecule has 1 aliphatic carbocycles. The first-order valence-electron chi connectivity index (χ1n) is 10.3. The Hall–Kier alpha value is -2.96. The smallest absolute Gasteiger partial charge is 0.192 e. The number of hydrogen-bond donors (Lipinski definition) is 3. The lowest BCUT2D eigenvalue weighted by Crippen LogP contribution is -2.38. The first kappa shape index (κ1) is 21.7. The normalized spacial score (nSPS) is 14.9. The minimum atomic E-state index is -0.356. The number of aliphatic imine (C=N–C) groups is 1. The highest BCUT2D eigenvalue weighted by Crippen LogP contribution is 2.31. The molecule has 0 saturated heterocycles. The van der Waals surface area contributed by atoms with Crippen molar-refractivity contribution in [3.8, 4) is 17.2 Å². The number of rotatable bonds is 9. The van der Waals surface area contributed by atoms with Crippen molar-refractivity contribution in [3.63, 3.8) is 0 Å². The maximum atomic E-state index is 14.4. The Bertz CT molecular complexity index is 884. The Labute approximate surface area is 177 Å². The van der Waals surface area contributed by atoms with Gasteiger partial charge in [0, 0.05) is 12.1 Å². The zero-order chi connectivity index (χ0) is 21.5. The summed E-state index contributed by atoms with van der Waals surface area (Å²) in [4.78, 5) is 4.54. The van der Waals surface area contributed by atoms with Crippen molar-refractivity contribution in [2.75, 3.05) is 20.3 Å². The highest BCUT2D eigenvalue weighted by Gasteiger charge is 2.22. The summed E-state index contributed by atoms with van der Waals surface area (Å²) in [7, 11) is 1.51. The molecule has 0 heterocycles. The summed E-state index contributed by atoms with van der Waals surface area (Å²) < 4.78 is 25.1. The minimum Gasteiger partial charge on any atom is -0.504 e. The molecule has 2 aromatic carbocycles. The van der Waals surface area contributed by atoms with Gasteiger partial charge in [-0.3, -0.25) is 0 Å². The third kappa shape index (κ3) is 5.78. The zero-order valence-corrected chi connectivity index (χ0v) is 17.7. The first-order valence-corrected chi connectivity index (χ1v) is 10.3. The number of phenolic OH excluding ortho intramolecular Hbond substituents is 1. The third-order valence-electron chi connectivity index (χ3n) is 5.03. The predicted molar refractivity (Wildman–Crippen MR) is 116 cm³/mol. The fraction of sp³-hybridized carbons (Fsp3) is 0.435. The Morgan fingerprint density at radius 3 is 2.73 bits per heavy atom. The molecule has 1 unspecified atom stereocenters. The molecule has 0 aliphatic heterocycles. The lowest BCUT2D eigenvalue weighted by molar-refractivity contribution is 0.285. The van der Waals surface area contributed by atoms with Gasteiger partial charge in [0.05, 0.1) is 26.3 Å². The predicted octanol–water partition coefficient (Wildman–Crippen LogP) is 4.15. The minimum absolute atomic E-state index is 0.0801. The number of nitrogens with zero attached hydrogens (tertiary/aromatic N) is 1. The molecule has 0 bridgehead atoms. The van der Waals surface area contributed by atoms with Gasteiger partial charge in [-0.05, 0) is 56.4 Å². The summed E-state index contributed by atoms with van der Waals surface area (Å²) in [6.07, 6.45) is 2.33. The molecule has 1 fully saturated rings. The number of ether oxygens (including phenoxy) is 2. The maximum absolute atomic E-state index is 14.4. The molecule has 0 amide bonds. The number of nitrogens with one attached hydrogen (secondary N) is 2. The molecule has 30 heavy (non-hydrogen) atoms. The van der Waals surface area contributed by atoms with E-state index in [-0.39, 0.29) is 24.2 Å². The van der Waals surface area contributed by atoms with Crippen molar-refractivity contribution in [2.45, 2.75) is 39.3 Å². The van der Waals surface area contributed by atoms with Gasteiger partial charge in [-0.15, -0.1) is 0 Å². The number of methoxy groups -OCH3 is 1. The quantitative estimate of drug-likeness (QED) is 0.424. The van der Waals surface area contributed by atoms with Crippen molar-refractivity contribution in [1.82, 2.24) is 10.6 Å². The summed E-state index contributed by atoms with van der Waals surface area (Å²) >= 11 is 0. The van der Waals surface area contributed by atoms with E-state index < -0.39 is 0 Å². The lowest BCUT2D eigenvalue weighted by atomic mass is 10.1. The van der Waals surface area contributed by atoms with Crippen LogP contribution in [0.25, 0.3) is 0 Å². The van der Waals surface area contributed by atoms with E-state index in [2.05, 4.69) is 15.6 Å². The highest BCUT2D eigenvalue weighted by atomic mass is 19.1. The van der Waals surface area contributed by atoms with Gasteiger partial charge in [-0.25, -0.2) is 9.38 Å². The van der Waals surface area contributed by atoms with Crippen molar-refractivity contribution >= 4 is 5.96 Å². The Balaban J connectivity index is 1.66. The van der Waals surface area contributed by atoms with E-state index in [9.17, 15) is 9.50 Å². The number of aromatic hydroxyl groups is 1. The average Bonchev–Trinajstić information content (AvgIpc) is 3.56. The zero-order valence-electron chi connectivity index (χ0n) is 17.7. The van der Waals surface area contributed by atoms with Crippen molar-refractivity contribution in [3.05, 3.63) is 53.3 Å². The van der Waals surface area contributed by atoms with Crippen LogP contribution < -0.4 is 20.1 Å². The topological polar surface area (TPSA) is 75.1 Å². The van der Waals surface area contributed by atoms with Gasteiger partial charge in [0.25, 0.3) is 0 Å². The van der Waals surface area contributed by atoms with Crippen molar-refractivity contribution in [1.29, 1.82) is 0 Å². The maximum Gasteiger partial charge on any atom is 0.192 e. The van der Waals surface area contributed by atoms with Crippen LogP contribution in [0.3, 0.4) is 0 Å². The standard InChI is InChI=1S/C23H30FN3O3/c1-4-25-23(26-13-18-6-5-7-21(29-3)22(18)28)27-15(2)17-10-11-20(19(24)12-17)30-14-16-8-9-16/h5-7,10-12,15-16,28H,4,8-9,13-14H2,1-3H3,(H2,25,26,27). The van der Waals surface area contributed by atoms with E-state index in [0.29, 0.717) is 42.1 Å². The largest absolute Gasteiger partial charge is 0.504 e. The first-order chi connectivity index (χ1) is 14.5. The fourth-order valence-corrected chi connectivity index (χ4v) is 3.03. The van der Waals surface area contributed by atoms with E-state index in [0.717, 1.165) is 5.56 Å². The average molecular weight is 416 g/mol. The number of hydrogen-bond acceptors (Lipinski definition) is 4. The number of halogens is 1. The second-order valence-corrected chi connectivity index (χ2v) is 7.47. The van der Waals surface area contributed by atoms with E-state index in [4.69, 9.17) is 9.47 Å². The van der Waals surface area contributed by atoms with Crippen LogP contribution in [0.1, 0.15) is 43.9 Å². The molecule has 1 aliphatic rings. The monoisotopic (exact) mass is 415 g/mol. The van der Waals surface area contributed by atoms with Crippen LogP contribution in [0.5, 0.6) is 17.2 Å². The van der Waals surface area contributed by atoms with Gasteiger partial charge in [-0.2, -0.15) is 0 Å².